The van der Waals surface area contributed by atoms with Crippen LogP contribution < -0.4 is 11.2 Å². The van der Waals surface area contributed by atoms with Gasteiger partial charge in [-0.3, -0.25) is 9.78 Å². The maximum Gasteiger partial charge on any atom is 0.359 e. The fraction of sp³-hybridized carbons (Fsp3) is 0.429. The molecule has 0 saturated heterocycles. The molecule has 4 nitrogen and oxygen atoms in total. The maximum atomic E-state index is 13.4. The number of rotatable bonds is 2. The van der Waals surface area contributed by atoms with Crippen molar-refractivity contribution in [2.75, 3.05) is 0 Å². The molecule has 1 atom stereocenters. The fourth-order valence-electron chi connectivity index (χ4n) is 1.08. The molecule has 0 aromatic carbocycles. The number of H-pyrrole nitrogens is 1. The number of nitrogens with zero attached hydrogens (tertiary/aromatic N) is 1. The summed E-state index contributed by atoms with van der Waals surface area (Å²) in [6.45, 7) is 1.22. The van der Waals surface area contributed by atoms with E-state index in [1.54, 1.807) is 4.98 Å². The van der Waals surface area contributed by atoms with E-state index in [4.69, 9.17) is 11.6 Å². The molecule has 1 unspecified atom stereocenters. The summed E-state index contributed by atoms with van der Waals surface area (Å²) >= 11 is 7.69. The predicted octanol–water partition coefficient (Wildman–Crippen LogP) is 1.35. The van der Waals surface area contributed by atoms with Gasteiger partial charge >= 0.3 is 11.7 Å². The SMILES string of the molecule is Cc1cc(=O)[nH]c(=O)n1C(F)(F)C(Cl)Br. The molecule has 0 aliphatic heterocycles. The van der Waals surface area contributed by atoms with Gasteiger partial charge in [0.05, 0.1) is 0 Å². The summed E-state index contributed by atoms with van der Waals surface area (Å²) < 4.78 is 25.2. The molecule has 1 aromatic rings. The highest BCUT2D eigenvalue weighted by Gasteiger charge is 2.41. The van der Waals surface area contributed by atoms with Gasteiger partial charge in [-0.25, -0.2) is 9.36 Å². The molecule has 0 fully saturated rings. The van der Waals surface area contributed by atoms with Crippen molar-refractivity contribution in [2.45, 2.75) is 17.3 Å². The molecule has 8 heteroatoms. The minimum Gasteiger partial charge on any atom is -0.274 e. The highest BCUT2D eigenvalue weighted by molar-refractivity contribution is 9.10. The van der Waals surface area contributed by atoms with Gasteiger partial charge in [-0.1, -0.05) is 15.9 Å². The highest BCUT2D eigenvalue weighted by atomic mass is 79.9. The van der Waals surface area contributed by atoms with E-state index in [1.165, 1.54) is 6.92 Å². The number of hydrogen-bond donors (Lipinski definition) is 1. The van der Waals surface area contributed by atoms with Gasteiger partial charge in [-0.05, 0) is 6.92 Å². The van der Waals surface area contributed by atoms with Crippen LogP contribution in [0.5, 0.6) is 0 Å². The molecule has 0 saturated carbocycles. The Balaban J connectivity index is 3.52. The van der Waals surface area contributed by atoms with Crippen molar-refractivity contribution in [3.8, 4) is 0 Å². The van der Waals surface area contributed by atoms with Gasteiger partial charge in [0.15, 0.2) is 4.29 Å². The third kappa shape index (κ3) is 2.28. The van der Waals surface area contributed by atoms with E-state index in [-0.39, 0.29) is 10.3 Å². The molecule has 15 heavy (non-hydrogen) atoms. The predicted molar refractivity (Wildman–Crippen MR) is 54.8 cm³/mol. The monoisotopic (exact) mass is 302 g/mol. The zero-order valence-electron chi connectivity index (χ0n) is 7.43. The quantitative estimate of drug-likeness (QED) is 0.839. The van der Waals surface area contributed by atoms with Crippen LogP contribution in [-0.4, -0.2) is 13.8 Å². The average Bonchev–Trinajstić information content (AvgIpc) is 2.00. The molecule has 1 rings (SSSR count). The van der Waals surface area contributed by atoms with Crippen molar-refractivity contribution in [1.82, 2.24) is 9.55 Å². The number of nitrogens with one attached hydrogen (secondary N) is 1. The first-order valence-electron chi connectivity index (χ1n) is 3.76. The summed E-state index contributed by atoms with van der Waals surface area (Å²) in [7, 11) is 0. The second-order valence-electron chi connectivity index (χ2n) is 2.80. The first-order chi connectivity index (χ1) is 6.76. The molecular weight excluding hydrogens is 297 g/mol. The molecule has 0 aliphatic carbocycles. The zero-order chi connectivity index (χ0) is 11.8. The lowest BCUT2D eigenvalue weighted by Crippen LogP contribution is -2.43. The summed E-state index contributed by atoms with van der Waals surface area (Å²) in [5, 5.41) is 0. The Morgan fingerprint density at radius 3 is 2.53 bits per heavy atom. The van der Waals surface area contributed by atoms with Crippen LogP contribution >= 0.6 is 27.5 Å². The van der Waals surface area contributed by atoms with Crippen LogP contribution in [0.1, 0.15) is 5.69 Å². The molecule has 0 bridgehead atoms. The van der Waals surface area contributed by atoms with Crippen molar-refractivity contribution in [2.24, 2.45) is 0 Å². The van der Waals surface area contributed by atoms with Crippen LogP contribution in [0, 0.1) is 6.92 Å². The van der Waals surface area contributed by atoms with E-state index in [0.29, 0.717) is 0 Å². The van der Waals surface area contributed by atoms with E-state index >= 15 is 0 Å². The van der Waals surface area contributed by atoms with E-state index in [9.17, 15) is 18.4 Å². The van der Waals surface area contributed by atoms with Gasteiger partial charge in [0.25, 0.3) is 5.56 Å². The zero-order valence-corrected chi connectivity index (χ0v) is 9.77. The van der Waals surface area contributed by atoms with E-state index in [0.717, 1.165) is 6.07 Å². The van der Waals surface area contributed by atoms with Gasteiger partial charge in [0, 0.05) is 11.8 Å². The summed E-state index contributed by atoms with van der Waals surface area (Å²) in [6, 6.07) is -2.73. The van der Waals surface area contributed by atoms with Crippen LogP contribution in [0.15, 0.2) is 15.7 Å². The molecule has 1 N–H and O–H groups in total. The number of aryl methyl sites for hydroxylation is 1. The van der Waals surface area contributed by atoms with Gasteiger partial charge < -0.3 is 0 Å². The molecule has 84 valence electrons. The molecule has 1 heterocycles. The summed E-state index contributed by atoms with van der Waals surface area (Å²) in [6.07, 6.45) is 0. The number of hydrogen-bond acceptors (Lipinski definition) is 2. The topological polar surface area (TPSA) is 54.9 Å². The highest BCUT2D eigenvalue weighted by Crippen LogP contribution is 2.32. The van der Waals surface area contributed by atoms with Crippen LogP contribution in [-0.2, 0) is 6.05 Å². The van der Waals surface area contributed by atoms with Crippen molar-refractivity contribution >= 4 is 27.5 Å². The Hall–Kier alpha value is -0.690. The Kier molecular flexibility index (Phi) is 3.34. The Morgan fingerprint density at radius 1 is 1.60 bits per heavy atom. The summed E-state index contributed by atoms with van der Waals surface area (Å²) in [5.74, 6) is 0. The molecule has 1 aromatic heterocycles. The Morgan fingerprint density at radius 2 is 2.13 bits per heavy atom. The van der Waals surface area contributed by atoms with E-state index < -0.39 is 21.6 Å². The number of alkyl halides is 4. The fourth-order valence-corrected chi connectivity index (χ4v) is 1.38. The van der Waals surface area contributed by atoms with Gasteiger partial charge in [-0.2, -0.15) is 8.78 Å². The van der Waals surface area contributed by atoms with Gasteiger partial charge in [0.1, 0.15) is 0 Å². The molecule has 0 radical (unpaired) electrons. The maximum absolute atomic E-state index is 13.4. The molecule has 0 spiro atoms. The standard InChI is InChI=1S/C7H6BrClF2N2O2/c1-3-2-4(14)12-6(15)13(3)7(10,11)5(8)9/h2,5H,1H3,(H,12,14,15). The smallest absolute Gasteiger partial charge is 0.274 e. The van der Waals surface area contributed by atoms with E-state index in [2.05, 4.69) is 15.9 Å². The van der Waals surface area contributed by atoms with Crippen LogP contribution in [0.2, 0.25) is 0 Å². The van der Waals surface area contributed by atoms with Crippen LogP contribution in [0.25, 0.3) is 0 Å². The number of halogens is 4. The Labute approximate surface area is 96.0 Å². The third-order valence-corrected chi connectivity index (χ3v) is 2.50. The number of aromatic amines is 1. The lowest BCUT2D eigenvalue weighted by Gasteiger charge is -2.21. The van der Waals surface area contributed by atoms with Crippen LogP contribution in [0.4, 0.5) is 8.78 Å². The first kappa shape index (κ1) is 12.4. The van der Waals surface area contributed by atoms with Crippen molar-refractivity contribution in [1.29, 1.82) is 0 Å². The second-order valence-corrected chi connectivity index (χ2v) is 4.68. The van der Waals surface area contributed by atoms with Gasteiger partial charge in [-0.15, -0.1) is 11.6 Å². The number of aromatic nitrogens is 2. The first-order valence-corrected chi connectivity index (χ1v) is 5.11. The third-order valence-electron chi connectivity index (χ3n) is 1.69. The van der Waals surface area contributed by atoms with Crippen molar-refractivity contribution < 1.29 is 8.78 Å². The largest absolute Gasteiger partial charge is 0.359 e. The van der Waals surface area contributed by atoms with Crippen molar-refractivity contribution in [3.63, 3.8) is 0 Å². The van der Waals surface area contributed by atoms with Crippen LogP contribution in [0.3, 0.4) is 0 Å². The normalized spacial score (nSPS) is 13.9. The second kappa shape index (κ2) is 4.05. The molecular formula is C7H6BrClF2N2O2. The summed E-state index contributed by atoms with van der Waals surface area (Å²) in [4.78, 5) is 23.7. The molecule has 0 amide bonds. The van der Waals surface area contributed by atoms with E-state index in [1.807, 2.05) is 0 Å². The lowest BCUT2D eigenvalue weighted by molar-refractivity contribution is -0.0698. The minimum absolute atomic E-state index is 0.126. The Bertz CT molecular complexity index is 483. The lowest BCUT2D eigenvalue weighted by atomic mass is 10.4. The summed E-state index contributed by atoms with van der Waals surface area (Å²) in [5.41, 5.74) is -2.10. The average molecular weight is 303 g/mol. The molecule has 0 aliphatic rings. The van der Waals surface area contributed by atoms with Gasteiger partial charge in [0.2, 0.25) is 0 Å². The minimum atomic E-state index is -3.62. The van der Waals surface area contributed by atoms with Crippen molar-refractivity contribution in [3.05, 3.63) is 32.6 Å².